The Morgan fingerprint density at radius 1 is 0.980 bits per heavy atom. The van der Waals surface area contributed by atoms with Crippen molar-refractivity contribution in [3.63, 3.8) is 0 Å². The lowest BCUT2D eigenvalue weighted by Gasteiger charge is -2.37. The number of amides is 2. The number of carboxylic acid groups (broad SMARTS) is 1. The molecule has 2 amide bonds. The molecule has 3 aromatic rings. The zero-order chi connectivity index (χ0) is 34.0. The number of benzene rings is 2. The second-order valence-corrected chi connectivity index (χ2v) is 14.0. The Morgan fingerprint density at radius 3 is 2.55 bits per heavy atom. The average molecular weight is 667 g/mol. The van der Waals surface area contributed by atoms with Crippen LogP contribution in [0.2, 0.25) is 0 Å². The van der Waals surface area contributed by atoms with Gasteiger partial charge in [-0.05, 0) is 63.7 Å². The minimum atomic E-state index is -1.35. The van der Waals surface area contributed by atoms with Gasteiger partial charge in [0.2, 0.25) is 11.8 Å². The van der Waals surface area contributed by atoms with Crippen LogP contribution in [0.3, 0.4) is 0 Å². The predicted octanol–water partition coefficient (Wildman–Crippen LogP) is 5.59. The maximum atomic E-state index is 14.6. The van der Waals surface area contributed by atoms with Crippen LogP contribution in [0.4, 0.5) is 0 Å². The van der Waals surface area contributed by atoms with Gasteiger partial charge in [0.15, 0.2) is 0 Å². The number of carbonyl (C=O) groups excluding carboxylic acids is 2. The van der Waals surface area contributed by atoms with E-state index >= 15 is 0 Å². The number of carbonyl (C=O) groups is 3. The number of aromatic nitrogens is 1. The summed E-state index contributed by atoms with van der Waals surface area (Å²) in [6.07, 6.45) is 11.8. The standard InChI is InChI=1S/C39H46N4O6/c1-48-28-17-18-30-32(21-28)40-31(26-13-7-5-8-14-26)23-35(30)49-29-22-34-36(44)41-39(38(46)47)24-27(39)15-9-3-2-4-10-16-33(37(45)43(34)25-29)42-19-11-6-12-20-42/h5,7-9,13-15,17-18,21,23,27,29,33-34H,2-4,6,10-12,16,19-20,22,24-25H2,1H3,(H,41,44)(H,46,47)/b15-9-/t27?,29-,33+,34+,39?/m1/s1. The van der Waals surface area contributed by atoms with Gasteiger partial charge in [0.05, 0.1) is 30.9 Å². The van der Waals surface area contributed by atoms with Gasteiger partial charge in [-0.1, -0.05) is 61.7 Å². The molecule has 2 N–H and O–H groups in total. The first-order valence-electron chi connectivity index (χ1n) is 17.8. The Balaban J connectivity index is 1.23. The van der Waals surface area contributed by atoms with Crippen LogP contribution in [0.5, 0.6) is 11.5 Å². The summed E-state index contributed by atoms with van der Waals surface area (Å²) in [4.78, 5) is 50.2. The van der Waals surface area contributed by atoms with Crippen LogP contribution < -0.4 is 14.8 Å². The molecule has 1 aromatic heterocycles. The molecule has 49 heavy (non-hydrogen) atoms. The average Bonchev–Trinajstić information content (AvgIpc) is 3.66. The van der Waals surface area contributed by atoms with E-state index in [0.717, 1.165) is 81.1 Å². The first-order valence-corrected chi connectivity index (χ1v) is 17.8. The maximum absolute atomic E-state index is 14.6. The van der Waals surface area contributed by atoms with E-state index < -0.39 is 29.6 Å². The van der Waals surface area contributed by atoms with Gasteiger partial charge in [-0.15, -0.1) is 0 Å². The minimum Gasteiger partial charge on any atom is -0.497 e. The molecule has 2 saturated heterocycles. The normalized spacial score (nSPS) is 28.8. The topological polar surface area (TPSA) is 121 Å². The molecule has 3 aliphatic heterocycles. The Bertz CT molecular complexity index is 1720. The van der Waals surface area contributed by atoms with E-state index in [2.05, 4.69) is 16.3 Å². The molecule has 4 heterocycles. The fraction of sp³-hybridized carbons (Fsp3) is 0.487. The van der Waals surface area contributed by atoms with Crippen LogP contribution in [0.15, 0.2) is 66.7 Å². The molecular weight excluding hydrogens is 620 g/mol. The molecule has 3 fully saturated rings. The first-order chi connectivity index (χ1) is 23.9. The van der Waals surface area contributed by atoms with Gasteiger partial charge >= 0.3 is 5.97 Å². The van der Waals surface area contributed by atoms with Gasteiger partial charge in [0, 0.05) is 35.4 Å². The molecule has 7 rings (SSSR count). The van der Waals surface area contributed by atoms with Crippen molar-refractivity contribution >= 4 is 28.7 Å². The Kier molecular flexibility index (Phi) is 9.58. The molecule has 2 unspecified atom stereocenters. The third kappa shape index (κ3) is 6.88. The predicted molar refractivity (Wildman–Crippen MR) is 186 cm³/mol. The molecule has 258 valence electrons. The largest absolute Gasteiger partial charge is 0.497 e. The van der Waals surface area contributed by atoms with E-state index in [-0.39, 0.29) is 30.8 Å². The molecule has 1 aliphatic carbocycles. The summed E-state index contributed by atoms with van der Waals surface area (Å²) in [5, 5.41) is 13.9. The summed E-state index contributed by atoms with van der Waals surface area (Å²) in [5.74, 6) is -0.522. The van der Waals surface area contributed by atoms with Crippen LogP contribution in [0, 0.1) is 5.92 Å². The summed E-state index contributed by atoms with van der Waals surface area (Å²) in [5.41, 5.74) is 1.03. The maximum Gasteiger partial charge on any atom is 0.330 e. The number of hydrogen-bond acceptors (Lipinski definition) is 7. The first kappa shape index (κ1) is 33.1. The molecule has 0 radical (unpaired) electrons. The van der Waals surface area contributed by atoms with E-state index in [1.807, 2.05) is 60.7 Å². The lowest BCUT2D eigenvalue weighted by atomic mass is 10.0. The van der Waals surface area contributed by atoms with Gasteiger partial charge in [-0.3, -0.25) is 14.5 Å². The van der Waals surface area contributed by atoms with Gasteiger partial charge in [0.1, 0.15) is 29.2 Å². The second-order valence-electron chi connectivity index (χ2n) is 14.0. The summed E-state index contributed by atoms with van der Waals surface area (Å²) in [6, 6.07) is 16.3. The van der Waals surface area contributed by atoms with E-state index in [1.54, 1.807) is 12.0 Å². The molecule has 4 aliphatic rings. The van der Waals surface area contributed by atoms with Crippen molar-refractivity contribution in [2.24, 2.45) is 5.92 Å². The fourth-order valence-electron chi connectivity index (χ4n) is 7.90. The number of piperidine rings is 1. The van der Waals surface area contributed by atoms with Crippen molar-refractivity contribution in [3.05, 3.63) is 66.7 Å². The molecule has 5 atom stereocenters. The molecule has 0 bridgehead atoms. The van der Waals surface area contributed by atoms with Crippen molar-refractivity contribution in [3.8, 4) is 22.8 Å². The van der Waals surface area contributed by atoms with Crippen LogP contribution in [0.1, 0.15) is 64.2 Å². The van der Waals surface area contributed by atoms with E-state index in [4.69, 9.17) is 14.5 Å². The molecule has 10 heteroatoms. The van der Waals surface area contributed by atoms with Gasteiger partial charge in [-0.25, -0.2) is 9.78 Å². The van der Waals surface area contributed by atoms with Crippen molar-refractivity contribution < 1.29 is 29.0 Å². The number of aliphatic carboxylic acids is 1. The third-order valence-electron chi connectivity index (χ3n) is 10.8. The lowest BCUT2D eigenvalue weighted by Crippen LogP contribution is -2.56. The van der Waals surface area contributed by atoms with Crippen molar-refractivity contribution in [1.82, 2.24) is 20.1 Å². The highest BCUT2D eigenvalue weighted by atomic mass is 16.5. The number of allylic oxidation sites excluding steroid dienone is 1. The van der Waals surface area contributed by atoms with Crippen molar-refractivity contribution in [2.75, 3.05) is 26.7 Å². The smallest absolute Gasteiger partial charge is 0.330 e. The molecular formula is C39H46N4O6. The van der Waals surface area contributed by atoms with Gasteiger partial charge in [0.25, 0.3) is 0 Å². The molecule has 2 aromatic carbocycles. The number of carboxylic acids is 1. The van der Waals surface area contributed by atoms with Crippen molar-refractivity contribution in [1.29, 1.82) is 0 Å². The number of nitrogens with one attached hydrogen (secondary N) is 1. The Morgan fingerprint density at radius 2 is 1.78 bits per heavy atom. The van der Waals surface area contributed by atoms with Crippen LogP contribution >= 0.6 is 0 Å². The number of methoxy groups -OCH3 is 1. The number of nitrogens with zero attached hydrogens (tertiary/aromatic N) is 3. The molecule has 1 saturated carbocycles. The highest BCUT2D eigenvalue weighted by molar-refractivity contribution is 5.96. The zero-order valence-electron chi connectivity index (χ0n) is 28.2. The van der Waals surface area contributed by atoms with Crippen LogP contribution in [-0.2, 0) is 14.4 Å². The highest BCUT2D eigenvalue weighted by Gasteiger charge is 2.61. The van der Waals surface area contributed by atoms with E-state index in [1.165, 1.54) is 0 Å². The SMILES string of the molecule is COc1ccc2c(O[C@@H]3C[C@H]4C(=O)NC5(C(=O)O)CC5/C=C\CCCCC[C@H](N5CCCCC5)C(=O)N4C3)cc(-c3ccccc3)nc2c1. The summed E-state index contributed by atoms with van der Waals surface area (Å²) >= 11 is 0. The zero-order valence-corrected chi connectivity index (χ0v) is 28.2. The molecule has 0 spiro atoms. The summed E-state index contributed by atoms with van der Waals surface area (Å²) in [6.45, 7) is 1.95. The third-order valence-corrected chi connectivity index (χ3v) is 10.8. The highest BCUT2D eigenvalue weighted by Crippen LogP contribution is 2.45. The fourth-order valence-corrected chi connectivity index (χ4v) is 7.90. The number of fused-ring (bicyclic) bond motifs is 3. The minimum absolute atomic E-state index is 0.0628. The second kappa shape index (κ2) is 14.2. The number of likely N-dealkylation sites (tertiary alicyclic amines) is 1. The van der Waals surface area contributed by atoms with E-state index in [0.29, 0.717) is 23.4 Å². The van der Waals surface area contributed by atoms with Gasteiger partial charge in [-0.2, -0.15) is 0 Å². The number of ether oxygens (including phenoxy) is 2. The number of rotatable bonds is 6. The number of hydrogen-bond donors (Lipinski definition) is 2. The van der Waals surface area contributed by atoms with Gasteiger partial charge < -0.3 is 24.8 Å². The number of pyridine rings is 1. The quantitative estimate of drug-likeness (QED) is 0.327. The summed E-state index contributed by atoms with van der Waals surface area (Å²) < 4.78 is 12.2. The molecule has 10 nitrogen and oxygen atoms in total. The van der Waals surface area contributed by atoms with Crippen LogP contribution in [0.25, 0.3) is 22.2 Å². The Labute approximate surface area is 287 Å². The van der Waals surface area contributed by atoms with Crippen LogP contribution in [-0.4, -0.2) is 88.1 Å². The lowest BCUT2D eigenvalue weighted by molar-refractivity contribution is -0.146. The summed E-state index contributed by atoms with van der Waals surface area (Å²) in [7, 11) is 1.62. The monoisotopic (exact) mass is 666 g/mol. The van der Waals surface area contributed by atoms with E-state index in [9.17, 15) is 19.5 Å². The Hall–Kier alpha value is -4.44. The van der Waals surface area contributed by atoms with Crippen molar-refractivity contribution in [2.45, 2.75) is 87.9 Å².